The number of hydrogen-bond donors (Lipinski definition) is 1. The standard InChI is InChI=1S/C31H23NS/c1-21-14-17-24(18-15-21)32-29-19-16-23(20-28(29)22-8-3-2-4-9-22)25-11-7-12-27-26-10-5-6-13-30(26)33-31(25)27/h2-20,32H,1H3. The minimum absolute atomic E-state index is 1.09. The molecule has 0 bridgehead atoms. The minimum atomic E-state index is 1.09. The molecule has 1 N–H and O–H groups in total. The van der Waals surface area contributed by atoms with Gasteiger partial charge in [0.1, 0.15) is 0 Å². The molecule has 1 aromatic heterocycles. The van der Waals surface area contributed by atoms with Gasteiger partial charge in [-0.15, -0.1) is 11.3 Å². The second kappa shape index (κ2) is 8.23. The Morgan fingerprint density at radius 1 is 0.576 bits per heavy atom. The maximum absolute atomic E-state index is 3.64. The van der Waals surface area contributed by atoms with Gasteiger partial charge in [-0.2, -0.15) is 0 Å². The van der Waals surface area contributed by atoms with Gasteiger partial charge in [-0.3, -0.25) is 0 Å². The summed E-state index contributed by atoms with van der Waals surface area (Å²) in [5.41, 5.74) is 8.39. The largest absolute Gasteiger partial charge is 0.355 e. The summed E-state index contributed by atoms with van der Waals surface area (Å²) in [7, 11) is 0. The maximum atomic E-state index is 3.64. The fourth-order valence-corrected chi connectivity index (χ4v) is 5.68. The Balaban J connectivity index is 1.52. The lowest BCUT2D eigenvalue weighted by atomic mass is 9.96. The van der Waals surface area contributed by atoms with Crippen molar-refractivity contribution in [2.45, 2.75) is 6.92 Å². The molecule has 0 unspecified atom stereocenters. The molecule has 0 radical (unpaired) electrons. The van der Waals surface area contributed by atoms with Crippen LogP contribution in [-0.4, -0.2) is 0 Å². The molecule has 33 heavy (non-hydrogen) atoms. The molecule has 0 amide bonds. The van der Waals surface area contributed by atoms with E-state index in [9.17, 15) is 0 Å². The monoisotopic (exact) mass is 441 g/mol. The van der Waals surface area contributed by atoms with Crippen LogP contribution in [0.15, 0.2) is 115 Å². The maximum Gasteiger partial charge on any atom is 0.0464 e. The third-order valence-electron chi connectivity index (χ3n) is 6.15. The molecule has 0 fully saturated rings. The van der Waals surface area contributed by atoms with Gasteiger partial charge in [-0.25, -0.2) is 0 Å². The lowest BCUT2D eigenvalue weighted by Gasteiger charge is -2.15. The fraction of sp³-hybridized carbons (Fsp3) is 0.0323. The van der Waals surface area contributed by atoms with Crippen LogP contribution in [0.25, 0.3) is 42.4 Å². The smallest absolute Gasteiger partial charge is 0.0464 e. The van der Waals surface area contributed by atoms with E-state index in [1.165, 1.54) is 48.0 Å². The number of nitrogens with one attached hydrogen (secondary N) is 1. The molecule has 158 valence electrons. The van der Waals surface area contributed by atoms with Crippen LogP contribution in [0.4, 0.5) is 11.4 Å². The number of rotatable bonds is 4. The van der Waals surface area contributed by atoms with Gasteiger partial charge < -0.3 is 5.32 Å². The van der Waals surface area contributed by atoms with E-state index in [-0.39, 0.29) is 0 Å². The first-order valence-electron chi connectivity index (χ1n) is 11.2. The zero-order chi connectivity index (χ0) is 22.2. The van der Waals surface area contributed by atoms with Crippen LogP contribution in [-0.2, 0) is 0 Å². The van der Waals surface area contributed by atoms with Crippen LogP contribution in [0.3, 0.4) is 0 Å². The summed E-state index contributed by atoms with van der Waals surface area (Å²) >= 11 is 1.88. The number of fused-ring (bicyclic) bond motifs is 3. The van der Waals surface area contributed by atoms with Gasteiger partial charge in [0.2, 0.25) is 0 Å². The van der Waals surface area contributed by atoms with Crippen LogP contribution in [0.1, 0.15) is 5.56 Å². The van der Waals surface area contributed by atoms with Gasteiger partial charge in [0.05, 0.1) is 0 Å². The Bertz CT molecular complexity index is 1580. The van der Waals surface area contributed by atoms with Gasteiger partial charge in [0.25, 0.3) is 0 Å². The van der Waals surface area contributed by atoms with Gasteiger partial charge in [-0.1, -0.05) is 90.5 Å². The van der Waals surface area contributed by atoms with Crippen molar-refractivity contribution < 1.29 is 0 Å². The lowest BCUT2D eigenvalue weighted by molar-refractivity contribution is 1.45. The number of anilines is 2. The molecule has 0 saturated heterocycles. The predicted molar refractivity (Wildman–Crippen MR) is 145 cm³/mol. The van der Waals surface area contributed by atoms with Crippen molar-refractivity contribution in [2.75, 3.05) is 5.32 Å². The molecule has 5 aromatic carbocycles. The Labute approximate surface area is 198 Å². The molecule has 1 heterocycles. The highest BCUT2D eigenvalue weighted by molar-refractivity contribution is 7.26. The highest BCUT2D eigenvalue weighted by Gasteiger charge is 2.13. The van der Waals surface area contributed by atoms with Crippen molar-refractivity contribution in [1.82, 2.24) is 0 Å². The Morgan fingerprint density at radius 2 is 1.33 bits per heavy atom. The highest BCUT2D eigenvalue weighted by atomic mass is 32.1. The van der Waals surface area contributed by atoms with Crippen LogP contribution in [0, 0.1) is 6.92 Å². The zero-order valence-corrected chi connectivity index (χ0v) is 19.2. The summed E-state index contributed by atoms with van der Waals surface area (Å²) in [6, 6.07) is 41.3. The molecule has 2 heteroatoms. The Kier molecular flexibility index (Phi) is 4.93. The van der Waals surface area contributed by atoms with Crippen LogP contribution in [0.5, 0.6) is 0 Å². The van der Waals surface area contributed by atoms with E-state index in [0.717, 1.165) is 11.4 Å². The van der Waals surface area contributed by atoms with E-state index < -0.39 is 0 Å². The normalized spacial score (nSPS) is 11.2. The minimum Gasteiger partial charge on any atom is -0.355 e. The number of hydrogen-bond acceptors (Lipinski definition) is 2. The van der Waals surface area contributed by atoms with Crippen molar-refractivity contribution in [1.29, 1.82) is 0 Å². The Morgan fingerprint density at radius 3 is 2.18 bits per heavy atom. The third kappa shape index (κ3) is 3.69. The Hall–Kier alpha value is -3.88. The lowest BCUT2D eigenvalue weighted by Crippen LogP contribution is -1.94. The van der Waals surface area contributed by atoms with E-state index in [1.807, 2.05) is 11.3 Å². The van der Waals surface area contributed by atoms with Gasteiger partial charge in [0.15, 0.2) is 0 Å². The molecule has 6 aromatic rings. The summed E-state index contributed by atoms with van der Waals surface area (Å²) in [6.07, 6.45) is 0. The number of benzene rings is 5. The highest BCUT2D eigenvalue weighted by Crippen LogP contribution is 2.42. The molecule has 6 rings (SSSR count). The summed E-state index contributed by atoms with van der Waals surface area (Å²) in [5, 5.41) is 6.30. The van der Waals surface area contributed by atoms with Gasteiger partial charge in [-0.05, 0) is 53.9 Å². The van der Waals surface area contributed by atoms with Crippen molar-refractivity contribution in [3.8, 4) is 22.3 Å². The van der Waals surface area contributed by atoms with Crippen LogP contribution in [0.2, 0.25) is 0 Å². The predicted octanol–water partition coefficient (Wildman–Crippen LogP) is 9.44. The SMILES string of the molecule is Cc1ccc(Nc2ccc(-c3cccc4c3sc3ccccc34)cc2-c2ccccc2)cc1. The third-order valence-corrected chi connectivity index (χ3v) is 7.37. The summed E-state index contributed by atoms with van der Waals surface area (Å²) in [6.45, 7) is 2.11. The molecule has 1 nitrogen and oxygen atoms in total. The average Bonchev–Trinajstić information content (AvgIpc) is 3.25. The first-order valence-corrected chi connectivity index (χ1v) is 12.0. The van der Waals surface area contributed by atoms with E-state index >= 15 is 0 Å². The fourth-order valence-electron chi connectivity index (χ4n) is 4.44. The van der Waals surface area contributed by atoms with Crippen molar-refractivity contribution in [3.63, 3.8) is 0 Å². The number of aryl methyl sites for hydroxylation is 1. The van der Waals surface area contributed by atoms with Crippen molar-refractivity contribution >= 4 is 42.9 Å². The van der Waals surface area contributed by atoms with Crippen molar-refractivity contribution in [2.24, 2.45) is 0 Å². The quantitative estimate of drug-likeness (QED) is 0.287. The first-order chi connectivity index (χ1) is 16.3. The van der Waals surface area contributed by atoms with E-state index in [1.54, 1.807) is 0 Å². The summed E-state index contributed by atoms with van der Waals surface area (Å²) < 4.78 is 2.68. The molecular weight excluding hydrogens is 418 g/mol. The van der Waals surface area contributed by atoms with Crippen LogP contribution < -0.4 is 5.32 Å². The second-order valence-electron chi connectivity index (χ2n) is 8.40. The zero-order valence-electron chi connectivity index (χ0n) is 18.4. The average molecular weight is 442 g/mol. The molecular formula is C31H23NS. The second-order valence-corrected chi connectivity index (χ2v) is 9.45. The van der Waals surface area contributed by atoms with E-state index in [0.29, 0.717) is 0 Å². The molecule has 0 saturated carbocycles. The summed E-state index contributed by atoms with van der Waals surface area (Å²) in [4.78, 5) is 0. The molecule has 0 spiro atoms. The van der Waals surface area contributed by atoms with Crippen LogP contribution >= 0.6 is 11.3 Å². The summed E-state index contributed by atoms with van der Waals surface area (Å²) in [5.74, 6) is 0. The first kappa shape index (κ1) is 19.8. The van der Waals surface area contributed by atoms with E-state index in [2.05, 4.69) is 128 Å². The number of thiophene rings is 1. The van der Waals surface area contributed by atoms with Gasteiger partial charge in [0, 0.05) is 37.1 Å². The molecule has 0 aliphatic heterocycles. The molecule has 0 aliphatic rings. The van der Waals surface area contributed by atoms with Crippen molar-refractivity contribution in [3.05, 3.63) is 121 Å². The molecule has 0 aliphatic carbocycles. The molecule has 0 atom stereocenters. The van der Waals surface area contributed by atoms with Gasteiger partial charge >= 0.3 is 0 Å². The van der Waals surface area contributed by atoms with E-state index in [4.69, 9.17) is 0 Å². The topological polar surface area (TPSA) is 12.0 Å².